The van der Waals surface area contributed by atoms with Gasteiger partial charge in [-0.05, 0) is 18.2 Å². The maximum absolute atomic E-state index is 12.2. The van der Waals surface area contributed by atoms with E-state index < -0.39 is 23.5 Å². The van der Waals surface area contributed by atoms with Gasteiger partial charge in [0.1, 0.15) is 5.75 Å². The van der Waals surface area contributed by atoms with Crippen LogP contribution in [0.15, 0.2) is 24.3 Å². The minimum atomic E-state index is -4.54. The smallest absolute Gasteiger partial charge is 0.416 e. The molecular formula is C10H7F3O3. The van der Waals surface area contributed by atoms with Crippen LogP contribution in [0.2, 0.25) is 0 Å². The highest BCUT2D eigenvalue weighted by Gasteiger charge is 2.30. The van der Waals surface area contributed by atoms with Crippen molar-refractivity contribution in [3.05, 3.63) is 35.4 Å². The van der Waals surface area contributed by atoms with Crippen LogP contribution in [0.1, 0.15) is 11.1 Å². The number of carboxylic acids is 1. The number of alkyl halides is 3. The zero-order valence-corrected chi connectivity index (χ0v) is 7.82. The lowest BCUT2D eigenvalue weighted by Gasteiger charge is -2.07. The van der Waals surface area contributed by atoms with E-state index in [0.717, 1.165) is 24.3 Å². The first-order chi connectivity index (χ1) is 7.30. The van der Waals surface area contributed by atoms with Crippen molar-refractivity contribution in [3.63, 3.8) is 0 Å². The zero-order chi connectivity index (χ0) is 12.3. The molecule has 0 amide bonds. The number of halogens is 3. The van der Waals surface area contributed by atoms with Gasteiger partial charge in [0.25, 0.3) is 0 Å². The number of phenolic OH excluding ortho intramolecular Hbond substituents is 1. The van der Waals surface area contributed by atoms with Crippen LogP contribution in [0.4, 0.5) is 13.2 Å². The molecule has 0 atom stereocenters. The molecule has 0 radical (unpaired) electrons. The Balaban J connectivity index is 3.05. The summed E-state index contributed by atoms with van der Waals surface area (Å²) in [6.45, 7) is 0. The summed E-state index contributed by atoms with van der Waals surface area (Å²) < 4.78 is 36.6. The fourth-order valence-electron chi connectivity index (χ4n) is 1.02. The topological polar surface area (TPSA) is 57.5 Å². The lowest BCUT2D eigenvalue weighted by molar-refractivity contribution is -0.137. The second-order valence-corrected chi connectivity index (χ2v) is 2.94. The average Bonchev–Trinajstić information content (AvgIpc) is 2.14. The Labute approximate surface area is 88.4 Å². The molecule has 1 aromatic carbocycles. The highest BCUT2D eigenvalue weighted by molar-refractivity contribution is 5.85. The fourth-order valence-corrected chi connectivity index (χ4v) is 1.02. The summed E-state index contributed by atoms with van der Waals surface area (Å²) >= 11 is 0. The van der Waals surface area contributed by atoms with Crippen molar-refractivity contribution in [1.82, 2.24) is 0 Å². The molecule has 0 aliphatic carbocycles. The van der Waals surface area contributed by atoms with Gasteiger partial charge in [0.15, 0.2) is 0 Å². The Hall–Kier alpha value is -1.98. The van der Waals surface area contributed by atoms with Crippen molar-refractivity contribution >= 4 is 12.0 Å². The minimum Gasteiger partial charge on any atom is -0.507 e. The first-order valence-electron chi connectivity index (χ1n) is 4.12. The molecule has 0 aromatic heterocycles. The van der Waals surface area contributed by atoms with Gasteiger partial charge >= 0.3 is 12.1 Å². The third-order valence-electron chi connectivity index (χ3n) is 1.76. The quantitative estimate of drug-likeness (QED) is 0.770. The number of aliphatic carboxylic acids is 1. The van der Waals surface area contributed by atoms with Gasteiger partial charge < -0.3 is 10.2 Å². The van der Waals surface area contributed by atoms with Crippen LogP contribution in [0.25, 0.3) is 6.08 Å². The molecule has 0 fully saturated rings. The maximum Gasteiger partial charge on any atom is 0.416 e. The lowest BCUT2D eigenvalue weighted by Crippen LogP contribution is -2.04. The van der Waals surface area contributed by atoms with Gasteiger partial charge in [0, 0.05) is 11.6 Å². The molecule has 16 heavy (non-hydrogen) atoms. The molecular weight excluding hydrogens is 225 g/mol. The highest BCUT2D eigenvalue weighted by Crippen LogP contribution is 2.32. The molecule has 2 N–H and O–H groups in total. The second kappa shape index (κ2) is 4.26. The summed E-state index contributed by atoms with van der Waals surface area (Å²) in [6.07, 6.45) is -2.80. The van der Waals surface area contributed by atoms with Gasteiger partial charge in [-0.25, -0.2) is 4.79 Å². The Morgan fingerprint density at radius 2 is 1.94 bits per heavy atom. The van der Waals surface area contributed by atoms with Gasteiger partial charge in [-0.15, -0.1) is 0 Å². The fraction of sp³-hybridized carbons (Fsp3) is 0.100. The summed E-state index contributed by atoms with van der Waals surface area (Å²) in [5.74, 6) is -1.87. The Kier molecular flexibility index (Phi) is 3.22. The first kappa shape index (κ1) is 12.1. The number of hydrogen-bond acceptors (Lipinski definition) is 2. The van der Waals surface area contributed by atoms with E-state index in [9.17, 15) is 23.1 Å². The van der Waals surface area contributed by atoms with Crippen LogP contribution in [0.3, 0.4) is 0 Å². The van der Waals surface area contributed by atoms with E-state index in [1.165, 1.54) is 0 Å². The summed E-state index contributed by atoms with van der Waals surface area (Å²) in [5, 5.41) is 17.5. The zero-order valence-electron chi connectivity index (χ0n) is 7.82. The van der Waals surface area contributed by atoms with Crippen LogP contribution in [0.5, 0.6) is 5.75 Å². The molecule has 6 heteroatoms. The second-order valence-electron chi connectivity index (χ2n) is 2.94. The molecule has 1 aromatic rings. The minimum absolute atomic E-state index is 0.00963. The van der Waals surface area contributed by atoms with E-state index in [1.807, 2.05) is 0 Å². The van der Waals surface area contributed by atoms with Gasteiger partial charge in [0.2, 0.25) is 0 Å². The van der Waals surface area contributed by atoms with E-state index in [0.29, 0.717) is 6.07 Å². The molecule has 0 aliphatic heterocycles. The third-order valence-corrected chi connectivity index (χ3v) is 1.76. The molecule has 0 saturated heterocycles. The Morgan fingerprint density at radius 3 is 2.38 bits per heavy atom. The van der Waals surface area contributed by atoms with E-state index in [1.54, 1.807) is 0 Å². The SMILES string of the molecule is O=C(O)C=Cc1ccc(C(F)(F)F)cc1O. The number of carboxylic acid groups (broad SMARTS) is 1. The largest absolute Gasteiger partial charge is 0.507 e. The lowest BCUT2D eigenvalue weighted by atomic mass is 10.1. The van der Waals surface area contributed by atoms with E-state index in [4.69, 9.17) is 5.11 Å². The summed E-state index contributed by atoms with van der Waals surface area (Å²) in [5.41, 5.74) is -0.979. The maximum atomic E-state index is 12.2. The summed E-state index contributed by atoms with van der Waals surface area (Å²) in [4.78, 5) is 10.2. The average molecular weight is 232 g/mol. The van der Waals surface area contributed by atoms with E-state index in [2.05, 4.69) is 0 Å². The van der Waals surface area contributed by atoms with Crippen LogP contribution in [-0.2, 0) is 11.0 Å². The molecule has 0 unspecified atom stereocenters. The molecule has 0 aliphatic rings. The van der Waals surface area contributed by atoms with E-state index in [-0.39, 0.29) is 5.56 Å². The number of hydrogen-bond donors (Lipinski definition) is 2. The Bertz CT molecular complexity index is 435. The van der Waals surface area contributed by atoms with Crippen molar-refractivity contribution < 1.29 is 28.2 Å². The number of benzene rings is 1. The summed E-state index contributed by atoms with van der Waals surface area (Å²) in [7, 11) is 0. The number of phenols is 1. The standard InChI is InChI=1S/C10H7F3O3/c11-10(12,13)7-3-1-6(8(14)5-7)2-4-9(15)16/h1-5,14H,(H,15,16). The van der Waals surface area contributed by atoms with Crippen molar-refractivity contribution in [1.29, 1.82) is 0 Å². The normalized spacial score (nSPS) is 11.9. The molecule has 0 saturated carbocycles. The molecule has 86 valence electrons. The number of rotatable bonds is 2. The molecule has 0 heterocycles. The molecule has 3 nitrogen and oxygen atoms in total. The number of aromatic hydroxyl groups is 1. The van der Waals surface area contributed by atoms with Crippen molar-refractivity contribution in [2.45, 2.75) is 6.18 Å². The Morgan fingerprint density at radius 1 is 1.31 bits per heavy atom. The van der Waals surface area contributed by atoms with Crippen molar-refractivity contribution in [3.8, 4) is 5.75 Å². The van der Waals surface area contributed by atoms with Crippen LogP contribution < -0.4 is 0 Å². The highest BCUT2D eigenvalue weighted by atomic mass is 19.4. The van der Waals surface area contributed by atoms with Gasteiger partial charge in [-0.3, -0.25) is 0 Å². The predicted octanol–water partition coefficient (Wildman–Crippen LogP) is 2.51. The number of carbonyl (C=O) groups is 1. The summed E-state index contributed by atoms with van der Waals surface area (Å²) in [6, 6.07) is 2.31. The van der Waals surface area contributed by atoms with Crippen LogP contribution >= 0.6 is 0 Å². The molecule has 0 bridgehead atoms. The predicted molar refractivity (Wildman–Crippen MR) is 49.8 cm³/mol. The first-order valence-corrected chi connectivity index (χ1v) is 4.12. The van der Waals surface area contributed by atoms with Gasteiger partial charge in [-0.1, -0.05) is 6.07 Å². The van der Waals surface area contributed by atoms with Crippen LogP contribution in [-0.4, -0.2) is 16.2 Å². The van der Waals surface area contributed by atoms with Crippen LogP contribution in [0, 0.1) is 0 Å². The van der Waals surface area contributed by atoms with Crippen molar-refractivity contribution in [2.75, 3.05) is 0 Å². The molecule has 1 rings (SSSR count). The molecule has 0 spiro atoms. The monoisotopic (exact) mass is 232 g/mol. The van der Waals surface area contributed by atoms with E-state index >= 15 is 0 Å². The van der Waals surface area contributed by atoms with Gasteiger partial charge in [-0.2, -0.15) is 13.2 Å². The van der Waals surface area contributed by atoms with Gasteiger partial charge in [0.05, 0.1) is 5.56 Å². The van der Waals surface area contributed by atoms with Crippen molar-refractivity contribution in [2.24, 2.45) is 0 Å². The third kappa shape index (κ3) is 3.01.